The fourth-order valence-corrected chi connectivity index (χ4v) is 1.81. The zero-order valence-electron chi connectivity index (χ0n) is 10.0. The highest BCUT2D eigenvalue weighted by atomic mass is 16.3. The van der Waals surface area contributed by atoms with Crippen LogP contribution in [0.5, 0.6) is 0 Å². The minimum Gasteiger partial charge on any atom is -0.391 e. The fraction of sp³-hybridized carbons (Fsp3) is 0.286. The Hall–Kier alpha value is -2.12. The maximum absolute atomic E-state index is 9.88. The molecule has 18 heavy (non-hydrogen) atoms. The number of aliphatic hydroxyl groups excluding tert-OH is 1. The van der Waals surface area contributed by atoms with Crippen LogP contribution in [0.3, 0.4) is 0 Å². The summed E-state index contributed by atoms with van der Waals surface area (Å²) in [4.78, 5) is 3.93. The van der Waals surface area contributed by atoms with Crippen molar-refractivity contribution in [2.45, 2.75) is 25.5 Å². The number of nitrogens with zero attached hydrogens (tertiary/aromatic N) is 3. The van der Waals surface area contributed by atoms with Crippen LogP contribution in [0.25, 0.3) is 0 Å². The van der Waals surface area contributed by atoms with Crippen molar-refractivity contribution in [3.8, 4) is 6.07 Å². The van der Waals surface area contributed by atoms with Gasteiger partial charge < -0.3 is 9.67 Å². The first kappa shape index (κ1) is 12.3. The Bertz CT molecular complexity index is 511. The van der Waals surface area contributed by atoms with Crippen LogP contribution in [-0.2, 0) is 13.0 Å². The van der Waals surface area contributed by atoms with E-state index in [0.29, 0.717) is 18.5 Å². The van der Waals surface area contributed by atoms with Gasteiger partial charge in [-0.15, -0.1) is 0 Å². The van der Waals surface area contributed by atoms with Crippen molar-refractivity contribution >= 4 is 0 Å². The summed E-state index contributed by atoms with van der Waals surface area (Å²) in [5.41, 5.74) is 1.80. The number of imidazole rings is 1. The van der Waals surface area contributed by atoms with Gasteiger partial charge in [-0.3, -0.25) is 0 Å². The number of benzene rings is 1. The van der Waals surface area contributed by atoms with Gasteiger partial charge in [-0.1, -0.05) is 12.1 Å². The van der Waals surface area contributed by atoms with Gasteiger partial charge in [-0.2, -0.15) is 5.26 Å². The van der Waals surface area contributed by atoms with E-state index in [0.717, 1.165) is 12.0 Å². The van der Waals surface area contributed by atoms with Crippen LogP contribution in [0.2, 0.25) is 0 Å². The summed E-state index contributed by atoms with van der Waals surface area (Å²) in [6.45, 7) is 0.566. The third-order valence-corrected chi connectivity index (χ3v) is 2.83. The Kier molecular flexibility index (Phi) is 4.11. The number of aryl methyl sites for hydroxylation is 1. The summed E-state index contributed by atoms with van der Waals surface area (Å²) < 4.78 is 1.86. The lowest BCUT2D eigenvalue weighted by molar-refractivity contribution is 0.144. The first-order valence-electron chi connectivity index (χ1n) is 5.91. The molecule has 0 aliphatic rings. The topological polar surface area (TPSA) is 61.8 Å². The summed E-state index contributed by atoms with van der Waals surface area (Å²) in [5, 5.41) is 18.6. The molecule has 1 unspecified atom stereocenters. The Labute approximate surface area is 106 Å². The summed E-state index contributed by atoms with van der Waals surface area (Å²) in [6, 6.07) is 9.56. The Morgan fingerprint density at radius 1 is 1.33 bits per heavy atom. The number of aromatic nitrogens is 2. The second kappa shape index (κ2) is 5.99. The minimum absolute atomic E-state index is 0.380. The zero-order valence-corrected chi connectivity index (χ0v) is 10.0. The van der Waals surface area contributed by atoms with Gasteiger partial charge in [0.2, 0.25) is 0 Å². The lowest BCUT2D eigenvalue weighted by Gasteiger charge is -2.11. The molecule has 0 fully saturated rings. The van der Waals surface area contributed by atoms with Crippen LogP contribution < -0.4 is 0 Å². The van der Waals surface area contributed by atoms with Gasteiger partial charge >= 0.3 is 0 Å². The van der Waals surface area contributed by atoms with Crippen LogP contribution >= 0.6 is 0 Å². The molecular weight excluding hydrogens is 226 g/mol. The molecule has 4 heteroatoms. The van der Waals surface area contributed by atoms with Gasteiger partial charge in [0.05, 0.1) is 24.1 Å². The molecule has 4 nitrogen and oxygen atoms in total. The van der Waals surface area contributed by atoms with E-state index in [9.17, 15) is 5.11 Å². The molecule has 0 spiro atoms. The Balaban J connectivity index is 1.81. The van der Waals surface area contributed by atoms with Crippen molar-refractivity contribution in [2.75, 3.05) is 0 Å². The van der Waals surface area contributed by atoms with E-state index in [1.807, 2.05) is 22.9 Å². The highest BCUT2D eigenvalue weighted by Gasteiger charge is 2.05. The monoisotopic (exact) mass is 241 g/mol. The van der Waals surface area contributed by atoms with Crippen LogP contribution in [0, 0.1) is 11.3 Å². The van der Waals surface area contributed by atoms with E-state index < -0.39 is 0 Å². The molecule has 1 N–H and O–H groups in total. The zero-order chi connectivity index (χ0) is 12.8. The molecule has 1 aromatic heterocycles. The summed E-state index contributed by atoms with van der Waals surface area (Å²) in [5.74, 6) is 0. The molecule has 92 valence electrons. The third kappa shape index (κ3) is 3.44. The average molecular weight is 241 g/mol. The van der Waals surface area contributed by atoms with Gasteiger partial charge in [0.1, 0.15) is 0 Å². The van der Waals surface area contributed by atoms with Gasteiger partial charge in [0, 0.05) is 18.9 Å². The van der Waals surface area contributed by atoms with Crippen molar-refractivity contribution in [3.05, 3.63) is 54.1 Å². The van der Waals surface area contributed by atoms with E-state index in [1.165, 1.54) is 0 Å². The summed E-state index contributed by atoms with van der Waals surface area (Å²) in [7, 11) is 0. The predicted octanol–water partition coefficient (Wildman–Crippen LogP) is 1.75. The molecular formula is C14H15N3O. The first-order chi connectivity index (χ1) is 8.78. The van der Waals surface area contributed by atoms with E-state index >= 15 is 0 Å². The van der Waals surface area contributed by atoms with Crippen LogP contribution in [0.15, 0.2) is 43.0 Å². The number of nitriles is 1. The van der Waals surface area contributed by atoms with Gasteiger partial charge in [0.15, 0.2) is 0 Å². The van der Waals surface area contributed by atoms with E-state index in [4.69, 9.17) is 5.26 Å². The van der Waals surface area contributed by atoms with Crippen LogP contribution in [-0.4, -0.2) is 20.8 Å². The Morgan fingerprint density at radius 3 is 2.72 bits per heavy atom. The van der Waals surface area contributed by atoms with Crippen molar-refractivity contribution in [1.82, 2.24) is 9.55 Å². The molecule has 0 bridgehead atoms. The lowest BCUT2D eigenvalue weighted by atomic mass is 10.1. The highest BCUT2D eigenvalue weighted by molar-refractivity contribution is 5.31. The maximum atomic E-state index is 9.88. The summed E-state index contributed by atoms with van der Waals surface area (Å²) >= 11 is 0. The van der Waals surface area contributed by atoms with Gasteiger partial charge in [-0.25, -0.2) is 4.98 Å². The van der Waals surface area contributed by atoms with Crippen molar-refractivity contribution in [2.24, 2.45) is 0 Å². The molecule has 1 atom stereocenters. The SMILES string of the molecule is N#Cc1ccc(CCC(O)Cn2ccnc2)cc1. The predicted molar refractivity (Wildman–Crippen MR) is 67.7 cm³/mol. The highest BCUT2D eigenvalue weighted by Crippen LogP contribution is 2.08. The molecule has 2 aromatic rings. The second-order valence-corrected chi connectivity index (χ2v) is 4.26. The van der Waals surface area contributed by atoms with Crippen molar-refractivity contribution in [1.29, 1.82) is 5.26 Å². The molecule has 2 rings (SSSR count). The molecule has 0 aliphatic carbocycles. The average Bonchev–Trinajstić information content (AvgIpc) is 2.90. The fourth-order valence-electron chi connectivity index (χ4n) is 1.81. The molecule has 0 saturated heterocycles. The lowest BCUT2D eigenvalue weighted by Crippen LogP contribution is -2.15. The smallest absolute Gasteiger partial charge is 0.0991 e. The van der Waals surface area contributed by atoms with Crippen LogP contribution in [0.1, 0.15) is 17.5 Å². The Morgan fingerprint density at radius 2 is 2.11 bits per heavy atom. The van der Waals surface area contributed by atoms with Crippen LogP contribution in [0.4, 0.5) is 0 Å². The molecule has 1 heterocycles. The number of aliphatic hydroxyl groups is 1. The van der Waals surface area contributed by atoms with Gasteiger partial charge in [0.25, 0.3) is 0 Å². The van der Waals surface area contributed by atoms with Crippen molar-refractivity contribution in [3.63, 3.8) is 0 Å². The van der Waals surface area contributed by atoms with E-state index in [2.05, 4.69) is 11.1 Å². The largest absolute Gasteiger partial charge is 0.391 e. The second-order valence-electron chi connectivity index (χ2n) is 4.26. The molecule has 0 amide bonds. The standard InChI is InChI=1S/C14H15N3O/c15-9-13-3-1-12(2-4-13)5-6-14(18)10-17-8-7-16-11-17/h1-4,7-8,11,14,18H,5-6,10H2. The quantitative estimate of drug-likeness (QED) is 0.867. The maximum Gasteiger partial charge on any atom is 0.0991 e. The third-order valence-electron chi connectivity index (χ3n) is 2.83. The minimum atomic E-state index is -0.380. The number of hydrogen-bond acceptors (Lipinski definition) is 3. The molecule has 1 aromatic carbocycles. The molecule has 0 saturated carbocycles. The molecule has 0 aliphatic heterocycles. The summed E-state index contributed by atoms with van der Waals surface area (Å²) in [6.07, 6.45) is 6.37. The van der Waals surface area contributed by atoms with Crippen molar-refractivity contribution < 1.29 is 5.11 Å². The molecule has 0 radical (unpaired) electrons. The van der Waals surface area contributed by atoms with Gasteiger partial charge in [-0.05, 0) is 30.5 Å². The first-order valence-corrected chi connectivity index (χ1v) is 5.91. The van der Waals surface area contributed by atoms with E-state index in [-0.39, 0.29) is 6.10 Å². The number of rotatable bonds is 5. The van der Waals surface area contributed by atoms with E-state index in [1.54, 1.807) is 24.7 Å². The number of hydrogen-bond donors (Lipinski definition) is 1. The normalized spacial score (nSPS) is 12.0.